The zero-order valence-electron chi connectivity index (χ0n) is 9.98. The number of benzene rings is 1. The summed E-state index contributed by atoms with van der Waals surface area (Å²) in [6, 6.07) is 12.2. The Labute approximate surface area is 102 Å². The van der Waals surface area contributed by atoms with Crippen LogP contribution in [0.1, 0.15) is 16.7 Å². The van der Waals surface area contributed by atoms with Gasteiger partial charge in [0.25, 0.3) is 0 Å². The van der Waals surface area contributed by atoms with Gasteiger partial charge in [0.1, 0.15) is 5.82 Å². The molecule has 0 amide bonds. The molecule has 88 valence electrons. The Kier molecular flexibility index (Phi) is 3.73. The first-order chi connectivity index (χ1) is 8.29. The largest absolute Gasteiger partial charge is 0.366 e. The average molecular weight is 227 g/mol. The molecule has 0 aliphatic heterocycles. The second kappa shape index (κ2) is 5.46. The van der Waals surface area contributed by atoms with E-state index in [0.717, 1.165) is 17.9 Å². The molecule has 0 bridgehead atoms. The predicted molar refractivity (Wildman–Crippen MR) is 70.6 cm³/mol. The van der Waals surface area contributed by atoms with E-state index in [1.807, 2.05) is 37.4 Å². The predicted octanol–water partition coefficient (Wildman–Crippen LogP) is 2.46. The lowest BCUT2D eigenvalue weighted by Crippen LogP contribution is -2.06. The van der Waals surface area contributed by atoms with Gasteiger partial charge in [0, 0.05) is 19.3 Å². The highest BCUT2D eigenvalue weighted by atomic mass is 15.0. The van der Waals surface area contributed by atoms with Gasteiger partial charge < -0.3 is 11.1 Å². The molecule has 3 heteroatoms. The molecule has 0 radical (unpaired) electrons. The molecule has 0 atom stereocenters. The molecule has 1 aromatic carbocycles. The zero-order chi connectivity index (χ0) is 12.1. The van der Waals surface area contributed by atoms with E-state index in [-0.39, 0.29) is 0 Å². The molecule has 3 nitrogen and oxygen atoms in total. The standard InChI is InChI=1S/C14H17N3/c1-11-6-7-14(16-9-11)17-10-13-5-3-2-4-12(13)8-15/h2-7,9H,8,10,15H2,1H3,(H,16,17). The van der Waals surface area contributed by atoms with Gasteiger partial charge in [0.2, 0.25) is 0 Å². The molecule has 0 saturated carbocycles. The number of pyridine rings is 1. The van der Waals surface area contributed by atoms with E-state index in [1.165, 1.54) is 11.1 Å². The molecule has 1 heterocycles. The monoisotopic (exact) mass is 227 g/mol. The lowest BCUT2D eigenvalue weighted by molar-refractivity contribution is 1.00. The molecule has 2 rings (SSSR count). The molecule has 0 unspecified atom stereocenters. The Morgan fingerprint density at radius 1 is 1.12 bits per heavy atom. The van der Waals surface area contributed by atoms with Crippen molar-refractivity contribution >= 4 is 5.82 Å². The van der Waals surface area contributed by atoms with Crippen molar-refractivity contribution in [2.45, 2.75) is 20.0 Å². The third-order valence-corrected chi connectivity index (χ3v) is 2.71. The van der Waals surface area contributed by atoms with Crippen LogP contribution in [-0.4, -0.2) is 4.98 Å². The van der Waals surface area contributed by atoms with Crippen molar-refractivity contribution in [3.8, 4) is 0 Å². The minimum absolute atomic E-state index is 0.569. The molecule has 0 saturated heterocycles. The van der Waals surface area contributed by atoms with Crippen LogP contribution in [0.2, 0.25) is 0 Å². The SMILES string of the molecule is Cc1ccc(NCc2ccccc2CN)nc1. The van der Waals surface area contributed by atoms with Gasteiger partial charge in [-0.1, -0.05) is 30.3 Å². The van der Waals surface area contributed by atoms with Gasteiger partial charge in [-0.15, -0.1) is 0 Å². The number of nitrogens with one attached hydrogen (secondary N) is 1. The first kappa shape index (κ1) is 11.6. The maximum Gasteiger partial charge on any atom is 0.126 e. The quantitative estimate of drug-likeness (QED) is 0.843. The highest BCUT2D eigenvalue weighted by Crippen LogP contribution is 2.11. The zero-order valence-corrected chi connectivity index (χ0v) is 9.98. The van der Waals surface area contributed by atoms with E-state index in [2.05, 4.69) is 22.4 Å². The second-order valence-electron chi connectivity index (χ2n) is 4.05. The number of anilines is 1. The highest BCUT2D eigenvalue weighted by Gasteiger charge is 2.00. The summed E-state index contributed by atoms with van der Waals surface area (Å²) in [6.07, 6.45) is 1.86. The maximum atomic E-state index is 5.70. The molecule has 0 fully saturated rings. The molecule has 0 aliphatic rings. The van der Waals surface area contributed by atoms with Crippen LogP contribution < -0.4 is 11.1 Å². The van der Waals surface area contributed by atoms with Gasteiger partial charge in [-0.2, -0.15) is 0 Å². The fourth-order valence-electron chi connectivity index (χ4n) is 1.69. The third kappa shape index (κ3) is 3.04. The van der Waals surface area contributed by atoms with Gasteiger partial charge in [0.05, 0.1) is 0 Å². The number of nitrogens with zero attached hydrogens (tertiary/aromatic N) is 1. The Morgan fingerprint density at radius 3 is 2.53 bits per heavy atom. The minimum Gasteiger partial charge on any atom is -0.366 e. The lowest BCUT2D eigenvalue weighted by Gasteiger charge is -2.09. The van der Waals surface area contributed by atoms with E-state index >= 15 is 0 Å². The second-order valence-corrected chi connectivity index (χ2v) is 4.05. The number of hydrogen-bond donors (Lipinski definition) is 2. The summed E-state index contributed by atoms with van der Waals surface area (Å²) in [5.41, 5.74) is 9.25. The van der Waals surface area contributed by atoms with Crippen molar-refractivity contribution in [1.29, 1.82) is 0 Å². The van der Waals surface area contributed by atoms with Gasteiger partial charge >= 0.3 is 0 Å². The summed E-state index contributed by atoms with van der Waals surface area (Å²) in [5.74, 6) is 0.891. The number of aromatic nitrogens is 1. The van der Waals surface area contributed by atoms with E-state index in [0.29, 0.717) is 6.54 Å². The Hall–Kier alpha value is -1.87. The maximum absolute atomic E-state index is 5.70. The number of rotatable bonds is 4. The first-order valence-corrected chi connectivity index (χ1v) is 5.73. The smallest absolute Gasteiger partial charge is 0.126 e. The average Bonchev–Trinajstić information content (AvgIpc) is 2.38. The summed E-state index contributed by atoms with van der Waals surface area (Å²) in [7, 11) is 0. The molecule has 1 aromatic heterocycles. The van der Waals surface area contributed by atoms with Crippen molar-refractivity contribution in [3.63, 3.8) is 0 Å². The molecule has 3 N–H and O–H groups in total. The summed E-state index contributed by atoms with van der Waals surface area (Å²) >= 11 is 0. The third-order valence-electron chi connectivity index (χ3n) is 2.71. The van der Waals surface area contributed by atoms with E-state index in [1.54, 1.807) is 0 Å². The summed E-state index contributed by atoms with van der Waals surface area (Å²) in [4.78, 5) is 4.31. The Morgan fingerprint density at radius 2 is 1.88 bits per heavy atom. The topological polar surface area (TPSA) is 50.9 Å². The summed E-state index contributed by atoms with van der Waals surface area (Å²) in [5, 5.41) is 3.30. The minimum atomic E-state index is 0.569. The Balaban J connectivity index is 2.04. The fraction of sp³-hybridized carbons (Fsp3) is 0.214. The highest BCUT2D eigenvalue weighted by molar-refractivity contribution is 5.38. The molecular formula is C14H17N3. The van der Waals surface area contributed by atoms with E-state index in [9.17, 15) is 0 Å². The summed E-state index contributed by atoms with van der Waals surface area (Å²) < 4.78 is 0. The molecular weight excluding hydrogens is 210 g/mol. The van der Waals surface area contributed by atoms with Crippen molar-refractivity contribution in [3.05, 3.63) is 59.3 Å². The first-order valence-electron chi connectivity index (χ1n) is 5.73. The van der Waals surface area contributed by atoms with Crippen LogP contribution in [0.4, 0.5) is 5.82 Å². The lowest BCUT2D eigenvalue weighted by atomic mass is 10.1. The summed E-state index contributed by atoms with van der Waals surface area (Å²) in [6.45, 7) is 3.35. The number of hydrogen-bond acceptors (Lipinski definition) is 3. The van der Waals surface area contributed by atoms with Crippen LogP contribution in [0.5, 0.6) is 0 Å². The van der Waals surface area contributed by atoms with Gasteiger partial charge in [-0.3, -0.25) is 0 Å². The Bertz CT molecular complexity index is 477. The number of nitrogens with two attached hydrogens (primary N) is 1. The molecule has 2 aromatic rings. The van der Waals surface area contributed by atoms with Gasteiger partial charge in [0.15, 0.2) is 0 Å². The molecule has 17 heavy (non-hydrogen) atoms. The van der Waals surface area contributed by atoms with Crippen molar-refractivity contribution in [2.24, 2.45) is 5.73 Å². The molecule has 0 spiro atoms. The normalized spacial score (nSPS) is 10.2. The van der Waals surface area contributed by atoms with Crippen LogP contribution in [0.3, 0.4) is 0 Å². The van der Waals surface area contributed by atoms with Gasteiger partial charge in [-0.25, -0.2) is 4.98 Å². The van der Waals surface area contributed by atoms with Crippen LogP contribution in [0.15, 0.2) is 42.6 Å². The van der Waals surface area contributed by atoms with Crippen LogP contribution in [-0.2, 0) is 13.1 Å². The van der Waals surface area contributed by atoms with E-state index in [4.69, 9.17) is 5.73 Å². The van der Waals surface area contributed by atoms with Crippen LogP contribution in [0, 0.1) is 6.92 Å². The van der Waals surface area contributed by atoms with Crippen LogP contribution in [0.25, 0.3) is 0 Å². The molecule has 0 aliphatic carbocycles. The number of aryl methyl sites for hydroxylation is 1. The van der Waals surface area contributed by atoms with Gasteiger partial charge in [-0.05, 0) is 29.7 Å². The van der Waals surface area contributed by atoms with Crippen molar-refractivity contribution in [2.75, 3.05) is 5.32 Å². The van der Waals surface area contributed by atoms with E-state index < -0.39 is 0 Å². The van der Waals surface area contributed by atoms with Crippen molar-refractivity contribution in [1.82, 2.24) is 4.98 Å². The van der Waals surface area contributed by atoms with Crippen molar-refractivity contribution < 1.29 is 0 Å². The fourth-order valence-corrected chi connectivity index (χ4v) is 1.69. The van der Waals surface area contributed by atoms with Crippen LogP contribution >= 0.6 is 0 Å².